The van der Waals surface area contributed by atoms with Crippen LogP contribution in [0.2, 0.25) is 0 Å². The van der Waals surface area contributed by atoms with Gasteiger partial charge in [-0.2, -0.15) is 0 Å². The second-order valence-electron chi connectivity index (χ2n) is 22.9. The summed E-state index contributed by atoms with van der Waals surface area (Å²) >= 11 is 0. The number of Topliss-reactive ketones (excluding diaryl/α,β-unsaturated/α-hetero) is 1. The number of fused-ring (bicyclic) bond motifs is 7. The molecule has 10 rings (SSSR count). The van der Waals surface area contributed by atoms with E-state index in [9.17, 15) is 50.8 Å². The van der Waals surface area contributed by atoms with Crippen molar-refractivity contribution in [1.82, 2.24) is 0 Å². The maximum atomic E-state index is 15.0. The van der Waals surface area contributed by atoms with E-state index in [0.29, 0.717) is 49.7 Å². The largest absolute Gasteiger partial charge is 0.455 e. The van der Waals surface area contributed by atoms with Gasteiger partial charge in [-0.05, 0) is 106 Å². The van der Waals surface area contributed by atoms with Gasteiger partial charge in [0.15, 0.2) is 24.7 Å². The predicted octanol–water partition coefficient (Wildman–Crippen LogP) is 0.262. The summed E-state index contributed by atoms with van der Waals surface area (Å²) in [5, 5.41) is 97.7. The number of hydrogen-bond donors (Lipinski definition) is 9. The number of ketones is 1. The molecule has 0 aromatic carbocycles. The second kappa shape index (κ2) is 15.9. The third-order valence-electron chi connectivity index (χ3n) is 19.4. The molecule has 18 heteroatoms. The van der Waals surface area contributed by atoms with Gasteiger partial charge < -0.3 is 79.1 Å². The van der Waals surface area contributed by atoms with E-state index in [-0.39, 0.29) is 47.4 Å². The van der Waals surface area contributed by atoms with Gasteiger partial charge in [-0.3, -0.25) is 9.59 Å². The molecule has 0 amide bonds. The van der Waals surface area contributed by atoms with Crippen LogP contribution in [0.4, 0.5) is 0 Å². The molecule has 10 aliphatic rings. The molecule has 0 aromatic heterocycles. The van der Waals surface area contributed by atoms with Crippen molar-refractivity contribution in [1.29, 1.82) is 0 Å². The third-order valence-corrected chi connectivity index (χ3v) is 19.4. The van der Waals surface area contributed by atoms with Crippen LogP contribution in [0.25, 0.3) is 0 Å². The normalized spacial score (nSPS) is 56.3. The quantitative estimate of drug-likeness (QED) is 0.122. The lowest BCUT2D eigenvalue weighted by molar-refractivity contribution is -0.388. The highest BCUT2D eigenvalue weighted by Crippen LogP contribution is 2.76. The van der Waals surface area contributed by atoms with Crippen molar-refractivity contribution in [2.24, 2.45) is 38.9 Å². The number of rotatable bonds is 7. The van der Waals surface area contributed by atoms with Gasteiger partial charge in [0.25, 0.3) is 0 Å². The minimum atomic E-state index is -1.83. The number of esters is 1. The highest BCUT2D eigenvalue weighted by Gasteiger charge is 2.75. The van der Waals surface area contributed by atoms with Crippen molar-refractivity contribution < 1.29 is 88.7 Å². The lowest BCUT2D eigenvalue weighted by Gasteiger charge is -2.71. The first-order valence-corrected chi connectivity index (χ1v) is 23.7. The van der Waals surface area contributed by atoms with Gasteiger partial charge in [0.2, 0.25) is 0 Å². The number of hydrogen-bond acceptors (Lipinski definition) is 18. The average Bonchev–Trinajstić information content (AvgIpc) is 3.24. The molecule has 9 N–H and O–H groups in total. The number of aliphatic hydroxyl groups is 9. The van der Waals surface area contributed by atoms with Crippen LogP contribution in [0.5, 0.6) is 0 Å². The molecule has 4 saturated carbocycles. The summed E-state index contributed by atoms with van der Waals surface area (Å²) in [6.07, 6.45) is -16.8. The molecule has 23 atom stereocenters. The van der Waals surface area contributed by atoms with Gasteiger partial charge in [-0.15, -0.1) is 0 Å². The Balaban J connectivity index is 1.01. The molecule has 5 heterocycles. The molecule has 0 aromatic rings. The number of allylic oxidation sites excluding steroid dienone is 1. The molecule has 18 nitrogen and oxygen atoms in total. The summed E-state index contributed by atoms with van der Waals surface area (Å²) in [6.45, 7) is 15.0. The summed E-state index contributed by atoms with van der Waals surface area (Å²) in [5.74, 6) is -0.349. The molecule has 2 bridgehead atoms. The number of aliphatic hydroxyl groups excluding tert-OH is 8. The van der Waals surface area contributed by atoms with Gasteiger partial charge >= 0.3 is 5.97 Å². The third kappa shape index (κ3) is 6.66. The van der Waals surface area contributed by atoms with E-state index in [1.807, 2.05) is 0 Å². The number of carbonyl (C=O) groups excluding carboxylic acids is 2. The van der Waals surface area contributed by atoms with E-state index in [0.717, 1.165) is 12.8 Å². The SMILES string of the molecule is C[C@@H]1O[C@@H](O[C@H]2[C@@H](O[C@H]3CC[C@@]4(C)C(CC[C@]5(C)C4CC(=O)C4=C6C7(CC[C@](C)(OC7=O)[C@@]6(C)O)CC[C@]45C)C3(C)C)OC[C@H](O)[C@@H]2O[C@@H]2O[C@H](CO)[C@@H](O)[C@H](O)[C@H]2O)[C@H](O)[C@H](O)[C@H]1O. The second-order valence-corrected chi connectivity index (χ2v) is 22.9. The summed E-state index contributed by atoms with van der Waals surface area (Å²) in [5.41, 5.74) is -4.28. The summed E-state index contributed by atoms with van der Waals surface area (Å²) in [4.78, 5) is 28.8. The van der Waals surface area contributed by atoms with Gasteiger partial charge in [-0.25, -0.2) is 0 Å². The Labute approximate surface area is 379 Å². The molecule has 5 aliphatic carbocycles. The fourth-order valence-electron chi connectivity index (χ4n) is 15.1. The van der Waals surface area contributed by atoms with Crippen LogP contribution in [0.3, 0.4) is 0 Å². The lowest BCUT2D eigenvalue weighted by atomic mass is 9.33. The summed E-state index contributed by atoms with van der Waals surface area (Å²) < 4.78 is 43.0. The molecule has 368 valence electrons. The Kier molecular flexibility index (Phi) is 11.8. The van der Waals surface area contributed by atoms with Crippen molar-refractivity contribution in [2.75, 3.05) is 13.2 Å². The Bertz CT molecular complexity index is 1920. The van der Waals surface area contributed by atoms with Crippen molar-refractivity contribution in [3.05, 3.63) is 11.1 Å². The molecule has 65 heavy (non-hydrogen) atoms. The van der Waals surface area contributed by atoms with Crippen LogP contribution >= 0.6 is 0 Å². The monoisotopic (exact) mass is 924 g/mol. The van der Waals surface area contributed by atoms with Crippen LogP contribution < -0.4 is 0 Å². The maximum absolute atomic E-state index is 15.0. The molecular weight excluding hydrogens is 852 g/mol. The zero-order valence-electron chi connectivity index (χ0n) is 38.8. The highest BCUT2D eigenvalue weighted by atomic mass is 16.8. The first-order valence-electron chi connectivity index (χ1n) is 23.7. The van der Waals surface area contributed by atoms with E-state index in [4.69, 9.17) is 33.2 Å². The molecular formula is C47H72O18. The van der Waals surface area contributed by atoms with E-state index >= 15 is 4.79 Å². The van der Waals surface area contributed by atoms with Crippen LogP contribution in [-0.2, 0) is 42.7 Å². The summed E-state index contributed by atoms with van der Waals surface area (Å²) in [7, 11) is 0. The molecule has 1 spiro atoms. The predicted molar refractivity (Wildman–Crippen MR) is 223 cm³/mol. The fourth-order valence-corrected chi connectivity index (χ4v) is 15.1. The van der Waals surface area contributed by atoms with E-state index in [1.165, 1.54) is 6.92 Å². The standard InChI is InChI=1S/C47H72O18/c1-20-28(51)30(53)32(55)37(60-20)64-35-34(63-38-33(56)31(54)29(52)23(18-48)61-38)22(50)19-59-39(35)62-26-10-11-42(4)24(41(26,2)3)9-12-43(5)25(42)17-21(49)27-36-46(8,58)45(7)14-16-47(36,40(57)65-45)15-13-44(27,43)6/h20,22-26,28-35,37-39,48,50-56,58H,9-19H2,1-8H3/t20-,22-,23+,24?,25?,26-,28-,29+,30+,31-,32+,33+,34-,35+,37-,38-,39+,42-,43+,44+,45-,46-,47?/m0/s1. The number of ether oxygens (including phenoxy) is 7. The first-order chi connectivity index (χ1) is 30.2. The van der Waals surface area contributed by atoms with Crippen molar-refractivity contribution in [2.45, 2.75) is 216 Å². The minimum Gasteiger partial charge on any atom is -0.455 e. The van der Waals surface area contributed by atoms with Gasteiger partial charge in [0.05, 0.1) is 30.8 Å². The van der Waals surface area contributed by atoms with Gasteiger partial charge in [0.1, 0.15) is 72.2 Å². The molecule has 9 fully saturated rings. The van der Waals surface area contributed by atoms with Gasteiger partial charge in [-0.1, -0.05) is 34.6 Å². The molecule has 5 aliphatic heterocycles. The van der Waals surface area contributed by atoms with Crippen molar-refractivity contribution in [3.8, 4) is 0 Å². The smallest absolute Gasteiger partial charge is 0.317 e. The van der Waals surface area contributed by atoms with Gasteiger partial charge in [0, 0.05) is 17.4 Å². The Morgan fingerprint density at radius 2 is 1.31 bits per heavy atom. The zero-order chi connectivity index (χ0) is 47.4. The molecule has 3 unspecified atom stereocenters. The van der Waals surface area contributed by atoms with E-state index in [2.05, 4.69) is 34.6 Å². The first kappa shape index (κ1) is 48.3. The van der Waals surface area contributed by atoms with Crippen LogP contribution in [0, 0.1) is 38.9 Å². The van der Waals surface area contributed by atoms with Crippen LogP contribution in [-0.4, -0.2) is 174 Å². The highest BCUT2D eigenvalue weighted by molar-refractivity contribution is 6.02. The topological polar surface area (TPSA) is 281 Å². The van der Waals surface area contributed by atoms with Crippen LogP contribution in [0.15, 0.2) is 11.1 Å². The molecule has 0 radical (unpaired) electrons. The van der Waals surface area contributed by atoms with Crippen molar-refractivity contribution in [3.63, 3.8) is 0 Å². The molecule has 5 saturated heterocycles. The fraction of sp³-hybridized carbons (Fsp3) is 0.915. The Morgan fingerprint density at radius 1 is 0.677 bits per heavy atom. The number of carbonyl (C=O) groups is 2. The van der Waals surface area contributed by atoms with Crippen LogP contribution in [0.1, 0.15) is 113 Å². The lowest BCUT2D eigenvalue weighted by Crippen LogP contribution is -2.72. The van der Waals surface area contributed by atoms with E-state index in [1.54, 1.807) is 13.8 Å². The maximum Gasteiger partial charge on any atom is 0.317 e. The minimum absolute atomic E-state index is 0.00926. The van der Waals surface area contributed by atoms with Crippen molar-refractivity contribution >= 4 is 11.8 Å². The zero-order valence-corrected chi connectivity index (χ0v) is 38.8. The average molecular weight is 925 g/mol. The Hall–Kier alpha value is -1.72. The van der Waals surface area contributed by atoms with E-state index < -0.39 is 126 Å². The Morgan fingerprint density at radius 3 is 1.97 bits per heavy atom. The summed E-state index contributed by atoms with van der Waals surface area (Å²) in [6, 6.07) is 0.